The normalized spacial score (nSPS) is 25.2. The van der Waals surface area contributed by atoms with E-state index in [0.29, 0.717) is 23.6 Å². The van der Waals surface area contributed by atoms with Crippen LogP contribution in [0.4, 0.5) is 0 Å². The van der Waals surface area contributed by atoms with E-state index in [2.05, 4.69) is 5.16 Å². The van der Waals surface area contributed by atoms with Gasteiger partial charge in [-0.3, -0.25) is 0 Å². The van der Waals surface area contributed by atoms with Gasteiger partial charge in [-0.05, 0) is 41.2 Å². The predicted octanol–water partition coefficient (Wildman–Crippen LogP) is 3.06. The maximum Gasteiger partial charge on any atom is 0.110 e. The standard InChI is InChI=1S/C22H26ClNO5/c1-2-18(24-28)14-5-3-13(4-6-14)9-16-10-15(7-8-17(16)23)20-11-19(26)22(27)21(12-25)29-20/h3-8,10,19-22,25-28H,2,9,11-12H2,1H3/b24-18+/t19?,20?,21?,22-/m0/s1. The molecule has 1 fully saturated rings. The number of hydrogen-bond acceptors (Lipinski definition) is 6. The summed E-state index contributed by atoms with van der Waals surface area (Å²) >= 11 is 6.40. The number of halogens is 1. The van der Waals surface area contributed by atoms with Crippen LogP contribution in [0.5, 0.6) is 0 Å². The summed E-state index contributed by atoms with van der Waals surface area (Å²) in [6.07, 6.45) is -1.83. The third-order valence-corrected chi connectivity index (χ3v) is 5.70. The van der Waals surface area contributed by atoms with Crippen LogP contribution >= 0.6 is 11.6 Å². The van der Waals surface area contributed by atoms with Crippen molar-refractivity contribution in [2.75, 3.05) is 6.61 Å². The molecule has 1 heterocycles. The van der Waals surface area contributed by atoms with Gasteiger partial charge in [-0.2, -0.15) is 0 Å². The Hall–Kier alpha value is -1.96. The van der Waals surface area contributed by atoms with E-state index >= 15 is 0 Å². The first-order valence-electron chi connectivity index (χ1n) is 9.67. The van der Waals surface area contributed by atoms with E-state index in [9.17, 15) is 15.3 Å². The molecule has 0 amide bonds. The molecule has 156 valence electrons. The molecule has 1 aliphatic rings. The maximum atomic E-state index is 10.1. The van der Waals surface area contributed by atoms with Gasteiger partial charge in [0, 0.05) is 11.4 Å². The van der Waals surface area contributed by atoms with Crippen LogP contribution in [-0.2, 0) is 11.2 Å². The molecule has 4 atom stereocenters. The van der Waals surface area contributed by atoms with Gasteiger partial charge in [0.15, 0.2) is 0 Å². The maximum absolute atomic E-state index is 10.1. The lowest BCUT2D eigenvalue weighted by Gasteiger charge is -2.36. The fourth-order valence-corrected chi connectivity index (χ4v) is 3.80. The van der Waals surface area contributed by atoms with Crippen molar-refractivity contribution in [3.05, 3.63) is 69.7 Å². The molecule has 0 spiro atoms. The Morgan fingerprint density at radius 1 is 1.17 bits per heavy atom. The van der Waals surface area contributed by atoms with Crippen LogP contribution in [0, 0.1) is 0 Å². The minimum atomic E-state index is -1.10. The molecule has 0 radical (unpaired) electrons. The zero-order valence-electron chi connectivity index (χ0n) is 16.2. The number of aliphatic hydroxyl groups is 3. The lowest BCUT2D eigenvalue weighted by Crippen LogP contribution is -2.47. The highest BCUT2D eigenvalue weighted by Gasteiger charge is 2.37. The van der Waals surface area contributed by atoms with E-state index in [0.717, 1.165) is 22.3 Å². The molecule has 4 N–H and O–H groups in total. The molecule has 7 heteroatoms. The van der Waals surface area contributed by atoms with E-state index in [-0.39, 0.29) is 13.0 Å². The summed E-state index contributed by atoms with van der Waals surface area (Å²) in [5.74, 6) is 0. The SMILES string of the molecule is CC/C(=N\O)c1ccc(Cc2cc(C3CC(O)[C@H](O)C(CO)O3)ccc2Cl)cc1. The summed E-state index contributed by atoms with van der Waals surface area (Å²) in [6, 6.07) is 13.3. The smallest absolute Gasteiger partial charge is 0.110 e. The summed E-state index contributed by atoms with van der Waals surface area (Å²) < 4.78 is 5.78. The van der Waals surface area contributed by atoms with Crippen molar-refractivity contribution >= 4 is 17.3 Å². The van der Waals surface area contributed by atoms with Crippen molar-refractivity contribution in [3.63, 3.8) is 0 Å². The third kappa shape index (κ3) is 4.97. The molecule has 2 aromatic carbocycles. The van der Waals surface area contributed by atoms with Crippen LogP contribution in [0.3, 0.4) is 0 Å². The van der Waals surface area contributed by atoms with Gasteiger partial charge < -0.3 is 25.3 Å². The van der Waals surface area contributed by atoms with Gasteiger partial charge in [-0.15, -0.1) is 0 Å². The Balaban J connectivity index is 1.79. The van der Waals surface area contributed by atoms with Crippen molar-refractivity contribution in [1.82, 2.24) is 0 Å². The van der Waals surface area contributed by atoms with Gasteiger partial charge in [0.1, 0.15) is 12.2 Å². The van der Waals surface area contributed by atoms with Gasteiger partial charge >= 0.3 is 0 Å². The average molecular weight is 420 g/mol. The lowest BCUT2D eigenvalue weighted by molar-refractivity contribution is -0.181. The lowest BCUT2D eigenvalue weighted by atomic mass is 9.92. The predicted molar refractivity (Wildman–Crippen MR) is 111 cm³/mol. The average Bonchev–Trinajstić information content (AvgIpc) is 2.73. The fraction of sp³-hybridized carbons (Fsp3) is 0.409. The molecule has 0 aliphatic carbocycles. The molecule has 1 saturated heterocycles. The molecule has 3 unspecified atom stereocenters. The molecule has 6 nitrogen and oxygen atoms in total. The monoisotopic (exact) mass is 419 g/mol. The number of benzene rings is 2. The van der Waals surface area contributed by atoms with Crippen LogP contribution in [0.25, 0.3) is 0 Å². The first-order valence-corrected chi connectivity index (χ1v) is 10.1. The Kier molecular flexibility index (Phi) is 7.27. The Morgan fingerprint density at radius 3 is 2.52 bits per heavy atom. The zero-order valence-corrected chi connectivity index (χ0v) is 17.0. The summed E-state index contributed by atoms with van der Waals surface area (Å²) in [5, 5.41) is 42.4. The van der Waals surface area contributed by atoms with E-state index < -0.39 is 24.4 Å². The van der Waals surface area contributed by atoms with Gasteiger partial charge in [0.2, 0.25) is 0 Å². The van der Waals surface area contributed by atoms with E-state index in [1.807, 2.05) is 43.3 Å². The van der Waals surface area contributed by atoms with Crippen molar-refractivity contribution in [2.45, 2.75) is 50.6 Å². The number of ether oxygens (including phenoxy) is 1. The quantitative estimate of drug-likeness (QED) is 0.327. The molecule has 2 aromatic rings. The second-order valence-electron chi connectivity index (χ2n) is 7.26. The molecular formula is C22H26ClNO5. The van der Waals surface area contributed by atoms with Crippen LogP contribution in [0.2, 0.25) is 5.02 Å². The van der Waals surface area contributed by atoms with Crippen molar-refractivity contribution < 1.29 is 25.3 Å². The second-order valence-corrected chi connectivity index (χ2v) is 7.67. The second kappa shape index (κ2) is 9.69. The van der Waals surface area contributed by atoms with Gasteiger partial charge in [0.05, 0.1) is 24.5 Å². The van der Waals surface area contributed by atoms with Crippen LogP contribution in [0.1, 0.15) is 48.1 Å². The fourth-order valence-electron chi connectivity index (χ4n) is 3.62. The van der Waals surface area contributed by atoms with Gasteiger partial charge in [-0.25, -0.2) is 0 Å². The molecule has 0 bridgehead atoms. The zero-order chi connectivity index (χ0) is 21.0. The van der Waals surface area contributed by atoms with E-state index in [1.54, 1.807) is 6.07 Å². The number of nitrogens with zero attached hydrogens (tertiary/aromatic N) is 1. The third-order valence-electron chi connectivity index (χ3n) is 5.33. The number of hydrogen-bond donors (Lipinski definition) is 4. The minimum Gasteiger partial charge on any atom is -0.411 e. The Bertz CT molecular complexity index is 855. The number of aliphatic hydroxyl groups excluding tert-OH is 3. The topological polar surface area (TPSA) is 103 Å². The van der Waals surface area contributed by atoms with E-state index in [1.165, 1.54) is 0 Å². The summed E-state index contributed by atoms with van der Waals surface area (Å²) in [4.78, 5) is 0. The van der Waals surface area contributed by atoms with E-state index in [4.69, 9.17) is 21.5 Å². The number of oxime groups is 1. The first kappa shape index (κ1) is 21.7. The largest absolute Gasteiger partial charge is 0.411 e. The van der Waals surface area contributed by atoms with Crippen molar-refractivity contribution in [2.24, 2.45) is 5.16 Å². The highest BCUT2D eigenvalue weighted by Crippen LogP contribution is 2.34. The molecule has 1 aliphatic heterocycles. The molecule has 3 rings (SSSR count). The van der Waals surface area contributed by atoms with Crippen LogP contribution in [0.15, 0.2) is 47.6 Å². The minimum absolute atomic E-state index is 0.244. The highest BCUT2D eigenvalue weighted by atomic mass is 35.5. The molecule has 0 saturated carbocycles. The Morgan fingerprint density at radius 2 is 1.90 bits per heavy atom. The van der Waals surface area contributed by atoms with Crippen molar-refractivity contribution in [1.29, 1.82) is 0 Å². The first-order chi connectivity index (χ1) is 14.0. The Labute approximate surface area is 175 Å². The van der Waals surface area contributed by atoms with Crippen molar-refractivity contribution in [3.8, 4) is 0 Å². The van der Waals surface area contributed by atoms with Gasteiger partial charge in [-0.1, -0.05) is 60.1 Å². The summed E-state index contributed by atoms with van der Waals surface area (Å²) in [6.45, 7) is 1.57. The molecule has 0 aromatic heterocycles. The number of rotatable bonds is 6. The van der Waals surface area contributed by atoms with Crippen LogP contribution in [-0.4, -0.2) is 51.2 Å². The van der Waals surface area contributed by atoms with Crippen LogP contribution < -0.4 is 0 Å². The highest BCUT2D eigenvalue weighted by molar-refractivity contribution is 6.31. The van der Waals surface area contributed by atoms with Gasteiger partial charge in [0.25, 0.3) is 0 Å². The molecule has 29 heavy (non-hydrogen) atoms. The summed E-state index contributed by atoms with van der Waals surface area (Å²) in [7, 11) is 0. The summed E-state index contributed by atoms with van der Waals surface area (Å²) in [5.41, 5.74) is 4.30. The molecular weight excluding hydrogens is 394 g/mol.